The molecular formula is C15H29ClN2O. The standard InChI is InChI=1S/C15H28N2O.ClH/c1-2-12-17(14-8-10-16-11-9-14)15(18)7-6-13-4-3-5-13;/h13-14,16H,2-12H2,1H3;1H. The summed E-state index contributed by atoms with van der Waals surface area (Å²) < 4.78 is 0. The largest absolute Gasteiger partial charge is 0.340 e. The van der Waals surface area contributed by atoms with Gasteiger partial charge in [0.15, 0.2) is 0 Å². The van der Waals surface area contributed by atoms with E-state index in [2.05, 4.69) is 17.1 Å². The zero-order valence-electron chi connectivity index (χ0n) is 12.2. The minimum absolute atomic E-state index is 0. The highest BCUT2D eigenvalue weighted by Crippen LogP contribution is 2.30. The highest BCUT2D eigenvalue weighted by Gasteiger charge is 2.26. The predicted octanol–water partition coefficient (Wildman–Crippen LogP) is 2.98. The number of nitrogens with one attached hydrogen (secondary N) is 1. The Morgan fingerprint density at radius 3 is 2.42 bits per heavy atom. The van der Waals surface area contributed by atoms with Crippen molar-refractivity contribution >= 4 is 18.3 Å². The summed E-state index contributed by atoms with van der Waals surface area (Å²) in [5, 5.41) is 3.38. The molecule has 2 rings (SSSR count). The maximum Gasteiger partial charge on any atom is 0.222 e. The van der Waals surface area contributed by atoms with E-state index in [0.717, 1.165) is 57.7 Å². The summed E-state index contributed by atoms with van der Waals surface area (Å²) in [6.45, 7) is 5.27. The quantitative estimate of drug-likeness (QED) is 0.815. The van der Waals surface area contributed by atoms with Crippen molar-refractivity contribution in [3.05, 3.63) is 0 Å². The minimum atomic E-state index is 0. The van der Waals surface area contributed by atoms with Gasteiger partial charge in [0.1, 0.15) is 0 Å². The van der Waals surface area contributed by atoms with E-state index in [1.165, 1.54) is 19.3 Å². The Morgan fingerprint density at radius 1 is 1.21 bits per heavy atom. The minimum Gasteiger partial charge on any atom is -0.340 e. The lowest BCUT2D eigenvalue weighted by Gasteiger charge is -2.35. The lowest BCUT2D eigenvalue weighted by Crippen LogP contribution is -2.46. The molecule has 3 nitrogen and oxygen atoms in total. The van der Waals surface area contributed by atoms with Crippen LogP contribution >= 0.6 is 12.4 Å². The SMILES string of the molecule is CCCN(C(=O)CCC1CCC1)C1CCNCC1.Cl. The van der Waals surface area contributed by atoms with E-state index >= 15 is 0 Å². The average molecular weight is 289 g/mol. The van der Waals surface area contributed by atoms with Gasteiger partial charge in [-0.2, -0.15) is 0 Å². The van der Waals surface area contributed by atoms with Crippen LogP contribution in [0.4, 0.5) is 0 Å². The molecule has 0 atom stereocenters. The molecule has 0 bridgehead atoms. The van der Waals surface area contributed by atoms with Gasteiger partial charge >= 0.3 is 0 Å². The maximum absolute atomic E-state index is 12.4. The van der Waals surface area contributed by atoms with Gasteiger partial charge < -0.3 is 10.2 Å². The molecule has 2 fully saturated rings. The van der Waals surface area contributed by atoms with Gasteiger partial charge in [0.05, 0.1) is 0 Å². The van der Waals surface area contributed by atoms with Crippen molar-refractivity contribution in [3.63, 3.8) is 0 Å². The van der Waals surface area contributed by atoms with E-state index in [1.807, 2.05) is 0 Å². The highest BCUT2D eigenvalue weighted by atomic mass is 35.5. The van der Waals surface area contributed by atoms with Crippen molar-refractivity contribution in [2.75, 3.05) is 19.6 Å². The molecule has 0 spiro atoms. The molecule has 0 aromatic rings. The molecular weight excluding hydrogens is 260 g/mol. The number of nitrogens with zero attached hydrogens (tertiary/aromatic N) is 1. The highest BCUT2D eigenvalue weighted by molar-refractivity contribution is 5.85. The fraction of sp³-hybridized carbons (Fsp3) is 0.933. The first kappa shape index (κ1) is 16.8. The fourth-order valence-electron chi connectivity index (χ4n) is 3.12. The zero-order chi connectivity index (χ0) is 12.8. The fourth-order valence-corrected chi connectivity index (χ4v) is 3.12. The number of hydrogen-bond donors (Lipinski definition) is 1. The van der Waals surface area contributed by atoms with Crippen LogP contribution in [0.5, 0.6) is 0 Å². The Balaban J connectivity index is 0.00000180. The second kappa shape index (κ2) is 8.80. The number of halogens is 1. The van der Waals surface area contributed by atoms with Gasteiger partial charge in [-0.15, -0.1) is 12.4 Å². The summed E-state index contributed by atoms with van der Waals surface area (Å²) in [7, 11) is 0. The monoisotopic (exact) mass is 288 g/mol. The van der Waals surface area contributed by atoms with Crippen molar-refractivity contribution in [3.8, 4) is 0 Å². The number of rotatable bonds is 6. The van der Waals surface area contributed by atoms with Crippen LogP contribution < -0.4 is 5.32 Å². The third-order valence-corrected chi connectivity index (χ3v) is 4.53. The first-order valence-electron chi connectivity index (χ1n) is 7.81. The number of hydrogen-bond acceptors (Lipinski definition) is 2. The Hall–Kier alpha value is -0.280. The van der Waals surface area contributed by atoms with Crippen LogP contribution in [0.1, 0.15) is 58.3 Å². The summed E-state index contributed by atoms with van der Waals surface area (Å²) in [4.78, 5) is 14.6. The molecule has 1 saturated heterocycles. The van der Waals surface area contributed by atoms with E-state index in [0.29, 0.717) is 11.9 Å². The van der Waals surface area contributed by atoms with Crippen LogP contribution in [0.2, 0.25) is 0 Å². The predicted molar refractivity (Wildman–Crippen MR) is 81.7 cm³/mol. The van der Waals surface area contributed by atoms with Crippen molar-refractivity contribution in [2.24, 2.45) is 5.92 Å². The Kier molecular flexibility index (Phi) is 7.77. The maximum atomic E-state index is 12.4. The Morgan fingerprint density at radius 2 is 1.89 bits per heavy atom. The van der Waals surface area contributed by atoms with E-state index in [1.54, 1.807) is 0 Å². The molecule has 19 heavy (non-hydrogen) atoms. The molecule has 0 aromatic carbocycles. The Labute approximate surface area is 123 Å². The summed E-state index contributed by atoms with van der Waals surface area (Å²) in [6.07, 6.45) is 9.36. The van der Waals surface area contributed by atoms with Gasteiger partial charge in [0.25, 0.3) is 0 Å². The summed E-state index contributed by atoms with van der Waals surface area (Å²) in [6, 6.07) is 0.500. The molecule has 1 saturated carbocycles. The average Bonchev–Trinajstić information content (AvgIpc) is 2.35. The van der Waals surface area contributed by atoms with Gasteiger partial charge in [0, 0.05) is 19.0 Å². The van der Waals surface area contributed by atoms with Crippen LogP contribution in [-0.2, 0) is 4.79 Å². The van der Waals surface area contributed by atoms with Gasteiger partial charge in [-0.3, -0.25) is 4.79 Å². The van der Waals surface area contributed by atoms with Gasteiger partial charge in [-0.25, -0.2) is 0 Å². The van der Waals surface area contributed by atoms with Gasteiger partial charge in [0.2, 0.25) is 5.91 Å². The van der Waals surface area contributed by atoms with Crippen LogP contribution in [0.15, 0.2) is 0 Å². The molecule has 0 radical (unpaired) electrons. The molecule has 0 unspecified atom stereocenters. The van der Waals surface area contributed by atoms with Crippen LogP contribution in [-0.4, -0.2) is 36.5 Å². The third-order valence-electron chi connectivity index (χ3n) is 4.53. The molecule has 4 heteroatoms. The third kappa shape index (κ3) is 4.96. The molecule has 1 aliphatic heterocycles. The van der Waals surface area contributed by atoms with Crippen LogP contribution in [0, 0.1) is 5.92 Å². The van der Waals surface area contributed by atoms with E-state index in [4.69, 9.17) is 0 Å². The molecule has 1 N–H and O–H groups in total. The first-order chi connectivity index (χ1) is 8.81. The Bertz CT molecular complexity index is 263. The van der Waals surface area contributed by atoms with Crippen molar-refractivity contribution in [1.82, 2.24) is 10.2 Å². The van der Waals surface area contributed by atoms with Crippen molar-refractivity contribution in [1.29, 1.82) is 0 Å². The smallest absolute Gasteiger partial charge is 0.222 e. The van der Waals surface area contributed by atoms with Crippen molar-refractivity contribution < 1.29 is 4.79 Å². The topological polar surface area (TPSA) is 32.3 Å². The summed E-state index contributed by atoms with van der Waals surface area (Å²) in [5.41, 5.74) is 0. The second-order valence-electron chi connectivity index (χ2n) is 5.90. The van der Waals surface area contributed by atoms with Gasteiger partial charge in [-0.05, 0) is 44.7 Å². The molecule has 1 aliphatic carbocycles. The van der Waals surface area contributed by atoms with Crippen LogP contribution in [0.25, 0.3) is 0 Å². The lowest BCUT2D eigenvalue weighted by atomic mass is 9.82. The molecule has 1 amide bonds. The lowest BCUT2D eigenvalue weighted by molar-refractivity contribution is -0.134. The van der Waals surface area contributed by atoms with Crippen LogP contribution in [0.3, 0.4) is 0 Å². The van der Waals surface area contributed by atoms with Crippen molar-refractivity contribution in [2.45, 2.75) is 64.3 Å². The van der Waals surface area contributed by atoms with E-state index in [9.17, 15) is 4.79 Å². The molecule has 2 aliphatic rings. The number of piperidine rings is 1. The molecule has 0 aromatic heterocycles. The molecule has 1 heterocycles. The first-order valence-corrected chi connectivity index (χ1v) is 7.81. The van der Waals surface area contributed by atoms with E-state index in [-0.39, 0.29) is 12.4 Å². The normalized spacial score (nSPS) is 20.5. The molecule has 112 valence electrons. The number of carbonyl (C=O) groups excluding carboxylic acids is 1. The second-order valence-corrected chi connectivity index (χ2v) is 5.90. The zero-order valence-corrected chi connectivity index (χ0v) is 13.0. The number of carbonyl (C=O) groups is 1. The summed E-state index contributed by atoms with van der Waals surface area (Å²) in [5.74, 6) is 1.26. The van der Waals surface area contributed by atoms with E-state index < -0.39 is 0 Å². The summed E-state index contributed by atoms with van der Waals surface area (Å²) >= 11 is 0. The number of amides is 1. The van der Waals surface area contributed by atoms with Gasteiger partial charge in [-0.1, -0.05) is 26.2 Å².